The second-order valence-corrected chi connectivity index (χ2v) is 3.63. The average Bonchev–Trinajstić information content (AvgIpc) is 2.33. The molecule has 0 spiro atoms. The molecule has 0 bridgehead atoms. The Morgan fingerprint density at radius 1 is 1.44 bits per heavy atom. The number of halogens is 1. The van der Waals surface area contributed by atoms with Crippen LogP contribution in [0.1, 0.15) is 0 Å². The molecule has 0 aliphatic heterocycles. The summed E-state index contributed by atoms with van der Waals surface area (Å²) < 4.78 is 18.2. The molecular formula is C11H15FN2O4. The number of rotatable bonds is 7. The van der Waals surface area contributed by atoms with Crippen LogP contribution in [0.5, 0.6) is 0 Å². The average molecular weight is 258 g/mol. The van der Waals surface area contributed by atoms with Gasteiger partial charge in [0.05, 0.1) is 24.2 Å². The normalized spacial score (nSPS) is 10.4. The zero-order valence-corrected chi connectivity index (χ0v) is 10.0. The number of benzene rings is 1. The van der Waals surface area contributed by atoms with Gasteiger partial charge in [0, 0.05) is 32.0 Å². The number of anilines is 1. The zero-order chi connectivity index (χ0) is 13.5. The topological polar surface area (TPSA) is 75.8 Å². The van der Waals surface area contributed by atoms with Gasteiger partial charge in [-0.1, -0.05) is 0 Å². The molecule has 0 aromatic heterocycles. The molecule has 0 saturated heterocycles. The lowest BCUT2D eigenvalue weighted by atomic mass is 10.2. The van der Waals surface area contributed by atoms with E-state index in [0.717, 1.165) is 6.07 Å². The number of non-ortho nitro benzene ring substituents is 1. The molecule has 1 aromatic carbocycles. The van der Waals surface area contributed by atoms with Gasteiger partial charge in [0.25, 0.3) is 5.69 Å². The van der Waals surface area contributed by atoms with Crippen molar-refractivity contribution in [2.24, 2.45) is 0 Å². The Morgan fingerprint density at radius 3 is 2.72 bits per heavy atom. The number of nitrogens with zero attached hydrogens (tertiary/aromatic N) is 2. The molecule has 6 nitrogen and oxygen atoms in total. The molecule has 0 heterocycles. The van der Waals surface area contributed by atoms with Crippen molar-refractivity contribution >= 4 is 11.4 Å². The van der Waals surface area contributed by atoms with Crippen LogP contribution in [-0.2, 0) is 4.74 Å². The minimum Gasteiger partial charge on any atom is -0.395 e. The fraction of sp³-hybridized carbons (Fsp3) is 0.455. The van der Waals surface area contributed by atoms with Crippen molar-refractivity contribution < 1.29 is 19.2 Å². The van der Waals surface area contributed by atoms with Gasteiger partial charge >= 0.3 is 0 Å². The van der Waals surface area contributed by atoms with E-state index in [1.54, 1.807) is 4.90 Å². The smallest absolute Gasteiger partial charge is 0.274 e. The summed E-state index contributed by atoms with van der Waals surface area (Å²) in [6.07, 6.45) is 0. The minimum atomic E-state index is -0.681. The molecule has 0 unspecified atom stereocenters. The number of hydrogen-bond acceptors (Lipinski definition) is 5. The molecule has 0 atom stereocenters. The highest BCUT2D eigenvalue weighted by molar-refractivity contribution is 5.53. The molecule has 1 aromatic rings. The number of aliphatic hydroxyl groups is 1. The van der Waals surface area contributed by atoms with Crippen LogP contribution in [0.3, 0.4) is 0 Å². The van der Waals surface area contributed by atoms with Crippen molar-refractivity contribution in [1.82, 2.24) is 0 Å². The van der Waals surface area contributed by atoms with Crippen LogP contribution in [0.4, 0.5) is 15.8 Å². The van der Waals surface area contributed by atoms with Crippen molar-refractivity contribution in [2.75, 3.05) is 38.3 Å². The number of aliphatic hydroxyl groups excluding tert-OH is 1. The molecule has 0 saturated carbocycles. The quantitative estimate of drug-likeness (QED) is 0.587. The maximum atomic E-state index is 13.3. The summed E-state index contributed by atoms with van der Waals surface area (Å²) in [5, 5.41) is 19.6. The fourth-order valence-electron chi connectivity index (χ4n) is 1.54. The second kappa shape index (κ2) is 6.87. The van der Waals surface area contributed by atoms with E-state index in [2.05, 4.69) is 0 Å². The van der Waals surface area contributed by atoms with E-state index in [9.17, 15) is 14.5 Å². The van der Waals surface area contributed by atoms with Gasteiger partial charge in [0.2, 0.25) is 0 Å². The Balaban J connectivity index is 2.98. The number of nitro benzene ring substituents is 1. The number of methoxy groups -OCH3 is 1. The maximum Gasteiger partial charge on any atom is 0.274 e. The summed E-state index contributed by atoms with van der Waals surface area (Å²) in [5.74, 6) is -0.681. The van der Waals surface area contributed by atoms with Crippen LogP contribution >= 0.6 is 0 Å². The van der Waals surface area contributed by atoms with Gasteiger partial charge < -0.3 is 14.7 Å². The van der Waals surface area contributed by atoms with Crippen molar-refractivity contribution in [3.63, 3.8) is 0 Å². The lowest BCUT2D eigenvalue weighted by Crippen LogP contribution is -2.30. The van der Waals surface area contributed by atoms with E-state index in [4.69, 9.17) is 9.84 Å². The van der Waals surface area contributed by atoms with Crippen LogP contribution in [0, 0.1) is 15.9 Å². The molecule has 0 fully saturated rings. The third-order valence-corrected chi connectivity index (χ3v) is 2.38. The van der Waals surface area contributed by atoms with Crippen LogP contribution in [0.25, 0.3) is 0 Å². The van der Waals surface area contributed by atoms with Gasteiger partial charge in [-0.2, -0.15) is 0 Å². The van der Waals surface area contributed by atoms with Crippen LogP contribution in [0.2, 0.25) is 0 Å². The van der Waals surface area contributed by atoms with E-state index in [1.165, 1.54) is 19.2 Å². The predicted molar refractivity (Wildman–Crippen MR) is 64.2 cm³/mol. The van der Waals surface area contributed by atoms with E-state index >= 15 is 0 Å². The molecule has 1 rings (SSSR count). The summed E-state index contributed by atoms with van der Waals surface area (Å²) >= 11 is 0. The highest BCUT2D eigenvalue weighted by atomic mass is 19.1. The van der Waals surface area contributed by atoms with Gasteiger partial charge in [0.15, 0.2) is 0 Å². The molecule has 7 heteroatoms. The van der Waals surface area contributed by atoms with Crippen LogP contribution in [-0.4, -0.2) is 43.4 Å². The molecule has 0 radical (unpaired) electrons. The highest BCUT2D eigenvalue weighted by Gasteiger charge is 2.14. The standard InChI is InChI=1S/C11H15FN2O4/c1-18-5-3-13(2-4-15)10-6-9(12)7-11(8-10)14(16)17/h6-8,15H,2-5H2,1H3. The SMILES string of the molecule is COCCN(CCO)c1cc(F)cc([N+](=O)[O-])c1. The van der Waals surface area contributed by atoms with E-state index in [1.807, 2.05) is 0 Å². The Kier molecular flexibility index (Phi) is 5.47. The van der Waals surface area contributed by atoms with Crippen molar-refractivity contribution in [1.29, 1.82) is 0 Å². The first-order chi connectivity index (χ1) is 8.58. The molecule has 1 N–H and O–H groups in total. The Labute approximate surface area is 104 Å². The van der Waals surface area contributed by atoms with Gasteiger partial charge in [-0.05, 0) is 6.07 Å². The Bertz CT molecular complexity index is 414. The summed E-state index contributed by atoms with van der Waals surface area (Å²) in [4.78, 5) is 11.6. The molecule has 0 amide bonds. The molecule has 0 aliphatic rings. The largest absolute Gasteiger partial charge is 0.395 e. The lowest BCUT2D eigenvalue weighted by Gasteiger charge is -2.23. The monoisotopic (exact) mass is 258 g/mol. The molecular weight excluding hydrogens is 243 g/mol. The zero-order valence-electron chi connectivity index (χ0n) is 10.0. The van der Waals surface area contributed by atoms with Crippen molar-refractivity contribution in [2.45, 2.75) is 0 Å². The maximum absolute atomic E-state index is 13.3. The van der Waals surface area contributed by atoms with E-state index < -0.39 is 10.7 Å². The summed E-state index contributed by atoms with van der Waals surface area (Å²) in [6.45, 7) is 0.917. The van der Waals surface area contributed by atoms with Gasteiger partial charge in [-0.15, -0.1) is 0 Å². The molecule has 0 aliphatic carbocycles. The first kappa shape index (κ1) is 14.3. The molecule has 18 heavy (non-hydrogen) atoms. The number of ether oxygens (including phenoxy) is 1. The third kappa shape index (κ3) is 3.94. The number of nitro groups is 1. The summed E-state index contributed by atoms with van der Waals surface area (Å²) in [5.41, 5.74) is 0.0400. The summed E-state index contributed by atoms with van der Waals surface area (Å²) in [6, 6.07) is 3.32. The second-order valence-electron chi connectivity index (χ2n) is 3.63. The van der Waals surface area contributed by atoms with E-state index in [0.29, 0.717) is 18.8 Å². The predicted octanol–water partition coefficient (Wildman–Crippen LogP) is 1.18. The third-order valence-electron chi connectivity index (χ3n) is 2.38. The molecule has 100 valence electrons. The fourth-order valence-corrected chi connectivity index (χ4v) is 1.54. The highest BCUT2D eigenvalue weighted by Crippen LogP contribution is 2.23. The Hall–Kier alpha value is -1.73. The number of hydrogen-bond donors (Lipinski definition) is 1. The first-order valence-corrected chi connectivity index (χ1v) is 5.38. The van der Waals surface area contributed by atoms with Gasteiger partial charge in [0.1, 0.15) is 5.82 Å². The van der Waals surface area contributed by atoms with E-state index in [-0.39, 0.29) is 18.8 Å². The summed E-state index contributed by atoms with van der Waals surface area (Å²) in [7, 11) is 1.52. The minimum absolute atomic E-state index is 0.131. The van der Waals surface area contributed by atoms with Crippen molar-refractivity contribution in [3.8, 4) is 0 Å². The van der Waals surface area contributed by atoms with Gasteiger partial charge in [-0.3, -0.25) is 10.1 Å². The Morgan fingerprint density at radius 2 is 2.17 bits per heavy atom. The first-order valence-electron chi connectivity index (χ1n) is 5.38. The van der Waals surface area contributed by atoms with Gasteiger partial charge in [-0.25, -0.2) is 4.39 Å². The van der Waals surface area contributed by atoms with Crippen molar-refractivity contribution in [3.05, 3.63) is 34.1 Å². The lowest BCUT2D eigenvalue weighted by molar-refractivity contribution is -0.385. The van der Waals surface area contributed by atoms with Crippen LogP contribution in [0.15, 0.2) is 18.2 Å². The van der Waals surface area contributed by atoms with Crippen LogP contribution < -0.4 is 4.90 Å².